The lowest BCUT2D eigenvalue weighted by molar-refractivity contribution is 0.500. The summed E-state index contributed by atoms with van der Waals surface area (Å²) in [7, 11) is -2.21. The van der Waals surface area contributed by atoms with E-state index in [1.54, 1.807) is 0 Å². The standard InChI is InChI=1S/C4H12NO2P/c5-3-1-2-4-8(6)7/h8H,1-5H2,(H,6,7). The molecule has 0 aromatic carbocycles. The summed E-state index contributed by atoms with van der Waals surface area (Å²) in [5.74, 6) is 0. The third-order valence-corrected chi connectivity index (χ3v) is 1.63. The number of hydrogen-bond donors (Lipinski definition) is 2. The first kappa shape index (κ1) is 8.15. The van der Waals surface area contributed by atoms with Gasteiger partial charge in [-0.25, -0.2) is 0 Å². The SMILES string of the molecule is NCCCC[PH](=O)O. The van der Waals surface area contributed by atoms with Crippen molar-refractivity contribution < 1.29 is 9.46 Å². The fourth-order valence-electron chi connectivity index (χ4n) is 0.421. The Morgan fingerprint density at radius 2 is 2.12 bits per heavy atom. The van der Waals surface area contributed by atoms with Crippen molar-refractivity contribution in [2.24, 2.45) is 5.73 Å². The van der Waals surface area contributed by atoms with Gasteiger partial charge in [0.25, 0.3) is 0 Å². The highest BCUT2D eigenvalue weighted by atomic mass is 31.1. The Labute approximate surface area is 49.8 Å². The molecule has 0 aliphatic rings. The van der Waals surface area contributed by atoms with Crippen LogP contribution in [-0.4, -0.2) is 17.6 Å². The summed E-state index contributed by atoms with van der Waals surface area (Å²) >= 11 is 0. The molecule has 0 amide bonds. The second-order valence-electron chi connectivity index (χ2n) is 1.64. The maximum Gasteiger partial charge on any atom is 0.189 e. The Morgan fingerprint density at radius 3 is 2.50 bits per heavy atom. The summed E-state index contributed by atoms with van der Waals surface area (Å²) in [6.07, 6.45) is 2.07. The van der Waals surface area contributed by atoms with Crippen molar-refractivity contribution in [2.45, 2.75) is 12.8 Å². The molecular formula is C4H12NO2P. The Morgan fingerprint density at radius 1 is 1.50 bits per heavy atom. The summed E-state index contributed by atoms with van der Waals surface area (Å²) < 4.78 is 10.0. The van der Waals surface area contributed by atoms with E-state index in [2.05, 4.69) is 0 Å². The van der Waals surface area contributed by atoms with E-state index in [0.29, 0.717) is 12.7 Å². The molecule has 0 bridgehead atoms. The third-order valence-electron chi connectivity index (χ3n) is 0.845. The van der Waals surface area contributed by atoms with Gasteiger partial charge in [-0.15, -0.1) is 0 Å². The molecule has 0 heterocycles. The van der Waals surface area contributed by atoms with Crippen LogP contribution < -0.4 is 5.73 Å². The highest BCUT2D eigenvalue weighted by Gasteiger charge is 1.89. The first-order chi connectivity index (χ1) is 3.77. The molecule has 0 saturated heterocycles. The fourth-order valence-corrected chi connectivity index (χ4v) is 0.973. The lowest BCUT2D eigenvalue weighted by atomic mass is 10.3. The maximum absolute atomic E-state index is 10.0. The van der Waals surface area contributed by atoms with E-state index in [1.807, 2.05) is 0 Å². The zero-order chi connectivity index (χ0) is 6.41. The molecule has 3 N–H and O–H groups in total. The second-order valence-corrected chi connectivity index (χ2v) is 2.93. The van der Waals surface area contributed by atoms with Gasteiger partial charge in [0, 0.05) is 6.16 Å². The predicted octanol–water partition coefficient (Wildman–Crippen LogP) is 0.192. The molecule has 3 nitrogen and oxygen atoms in total. The Bertz CT molecular complexity index is 76.4. The largest absolute Gasteiger partial charge is 0.346 e. The van der Waals surface area contributed by atoms with Crippen LogP contribution in [0.15, 0.2) is 0 Å². The minimum absolute atomic E-state index is 0.432. The molecule has 0 saturated carbocycles. The van der Waals surface area contributed by atoms with Crippen molar-refractivity contribution in [1.82, 2.24) is 0 Å². The van der Waals surface area contributed by atoms with E-state index in [0.717, 1.165) is 12.8 Å². The molecular weight excluding hydrogens is 125 g/mol. The summed E-state index contributed by atoms with van der Waals surface area (Å²) in [5.41, 5.74) is 5.14. The minimum Gasteiger partial charge on any atom is -0.346 e. The molecule has 50 valence electrons. The van der Waals surface area contributed by atoms with E-state index in [1.165, 1.54) is 0 Å². The first-order valence-electron chi connectivity index (χ1n) is 2.69. The van der Waals surface area contributed by atoms with Crippen LogP contribution in [-0.2, 0) is 4.57 Å². The lowest BCUT2D eigenvalue weighted by Gasteiger charge is -1.91. The molecule has 0 aromatic heterocycles. The van der Waals surface area contributed by atoms with Crippen molar-refractivity contribution in [1.29, 1.82) is 0 Å². The van der Waals surface area contributed by atoms with Crippen molar-refractivity contribution in [2.75, 3.05) is 12.7 Å². The number of unbranched alkanes of at least 4 members (excludes halogenated alkanes) is 1. The molecule has 0 aliphatic carbocycles. The highest BCUT2D eigenvalue weighted by Crippen LogP contribution is 2.13. The van der Waals surface area contributed by atoms with Crippen molar-refractivity contribution >= 4 is 8.03 Å². The molecule has 1 unspecified atom stereocenters. The van der Waals surface area contributed by atoms with Crippen molar-refractivity contribution in [3.63, 3.8) is 0 Å². The molecule has 0 radical (unpaired) electrons. The third kappa shape index (κ3) is 6.15. The van der Waals surface area contributed by atoms with Crippen LogP contribution >= 0.6 is 8.03 Å². The van der Waals surface area contributed by atoms with Gasteiger partial charge in [0.1, 0.15) is 0 Å². The molecule has 0 fully saturated rings. The maximum atomic E-state index is 10.0. The number of hydrogen-bond acceptors (Lipinski definition) is 2. The van der Waals surface area contributed by atoms with Gasteiger partial charge < -0.3 is 10.6 Å². The lowest BCUT2D eigenvalue weighted by Crippen LogP contribution is -1.98. The predicted molar refractivity (Wildman–Crippen MR) is 34.4 cm³/mol. The van der Waals surface area contributed by atoms with Gasteiger partial charge in [-0.05, 0) is 19.4 Å². The monoisotopic (exact) mass is 137 g/mol. The van der Waals surface area contributed by atoms with Gasteiger partial charge >= 0.3 is 0 Å². The Kier molecular flexibility index (Phi) is 5.39. The Hall–Kier alpha value is 0.150. The van der Waals surface area contributed by atoms with E-state index < -0.39 is 8.03 Å². The van der Waals surface area contributed by atoms with Crippen LogP contribution in [0.1, 0.15) is 12.8 Å². The summed E-state index contributed by atoms with van der Waals surface area (Å²) in [6.45, 7) is 0.620. The number of rotatable bonds is 4. The van der Waals surface area contributed by atoms with E-state index in [4.69, 9.17) is 10.6 Å². The fraction of sp³-hybridized carbons (Fsp3) is 1.00. The molecule has 0 aromatic rings. The summed E-state index contributed by atoms with van der Waals surface area (Å²) in [4.78, 5) is 8.28. The zero-order valence-electron chi connectivity index (χ0n) is 4.76. The number of nitrogens with two attached hydrogens (primary N) is 1. The smallest absolute Gasteiger partial charge is 0.189 e. The average molecular weight is 137 g/mol. The molecule has 0 rings (SSSR count). The van der Waals surface area contributed by atoms with Crippen LogP contribution in [0.4, 0.5) is 0 Å². The van der Waals surface area contributed by atoms with Crippen LogP contribution in [0, 0.1) is 0 Å². The van der Waals surface area contributed by atoms with Gasteiger partial charge in [0.05, 0.1) is 0 Å². The van der Waals surface area contributed by atoms with Crippen LogP contribution in [0.25, 0.3) is 0 Å². The molecule has 4 heteroatoms. The average Bonchev–Trinajstić information content (AvgIpc) is 1.66. The molecule has 0 spiro atoms. The van der Waals surface area contributed by atoms with Crippen LogP contribution in [0.5, 0.6) is 0 Å². The van der Waals surface area contributed by atoms with Gasteiger partial charge in [-0.3, -0.25) is 4.57 Å². The van der Waals surface area contributed by atoms with E-state index in [-0.39, 0.29) is 0 Å². The van der Waals surface area contributed by atoms with Gasteiger partial charge in [0.2, 0.25) is 0 Å². The molecule has 1 atom stereocenters. The normalized spacial score (nSPS) is 13.8. The topological polar surface area (TPSA) is 63.3 Å². The summed E-state index contributed by atoms with van der Waals surface area (Å²) in [6, 6.07) is 0. The van der Waals surface area contributed by atoms with Crippen molar-refractivity contribution in [3.05, 3.63) is 0 Å². The van der Waals surface area contributed by atoms with Crippen LogP contribution in [0.2, 0.25) is 0 Å². The second kappa shape index (κ2) is 5.29. The van der Waals surface area contributed by atoms with Gasteiger partial charge in [-0.1, -0.05) is 0 Å². The Balaban J connectivity index is 2.82. The van der Waals surface area contributed by atoms with Gasteiger partial charge in [-0.2, -0.15) is 0 Å². The summed E-state index contributed by atoms with van der Waals surface area (Å²) in [5, 5.41) is 0. The van der Waals surface area contributed by atoms with E-state index >= 15 is 0 Å². The van der Waals surface area contributed by atoms with Crippen LogP contribution in [0.3, 0.4) is 0 Å². The minimum atomic E-state index is -2.21. The molecule has 8 heavy (non-hydrogen) atoms. The first-order valence-corrected chi connectivity index (χ1v) is 4.25. The van der Waals surface area contributed by atoms with Crippen molar-refractivity contribution in [3.8, 4) is 0 Å². The zero-order valence-corrected chi connectivity index (χ0v) is 5.76. The molecule has 0 aliphatic heterocycles. The highest BCUT2D eigenvalue weighted by molar-refractivity contribution is 7.37. The quantitative estimate of drug-likeness (QED) is 0.429. The van der Waals surface area contributed by atoms with Gasteiger partial charge in [0.15, 0.2) is 8.03 Å². The van der Waals surface area contributed by atoms with E-state index in [9.17, 15) is 4.57 Å².